The van der Waals surface area contributed by atoms with E-state index in [2.05, 4.69) is 5.32 Å². The number of hydrogen-bond acceptors (Lipinski definition) is 2. The fourth-order valence-corrected chi connectivity index (χ4v) is 2.82. The van der Waals surface area contributed by atoms with E-state index in [4.69, 9.17) is 0 Å². The Balaban J connectivity index is 1.54. The second kappa shape index (κ2) is 8.27. The largest absolute Gasteiger partial charge is 0.388 e. The fourth-order valence-electron chi connectivity index (χ4n) is 2.82. The molecule has 0 saturated heterocycles. The second-order valence-electron chi connectivity index (χ2n) is 5.91. The molecule has 1 atom stereocenters. The van der Waals surface area contributed by atoms with Gasteiger partial charge in [-0.3, -0.25) is 4.79 Å². The third-order valence-electron chi connectivity index (χ3n) is 4.13. The van der Waals surface area contributed by atoms with Crippen molar-refractivity contribution in [1.82, 2.24) is 5.32 Å². The normalized spacial score (nSPS) is 12.4. The van der Waals surface area contributed by atoms with Gasteiger partial charge in [0, 0.05) is 12.6 Å². The van der Waals surface area contributed by atoms with E-state index in [-0.39, 0.29) is 5.91 Å². The van der Waals surface area contributed by atoms with Crippen molar-refractivity contribution in [2.45, 2.75) is 12.5 Å². The molecule has 0 bridgehead atoms. The Morgan fingerprint density at radius 3 is 2.52 bits per heavy atom. The van der Waals surface area contributed by atoms with E-state index in [0.29, 0.717) is 13.0 Å². The van der Waals surface area contributed by atoms with E-state index in [0.717, 1.165) is 21.9 Å². The minimum absolute atomic E-state index is 0.158. The van der Waals surface area contributed by atoms with E-state index >= 15 is 0 Å². The maximum atomic E-state index is 11.9. The van der Waals surface area contributed by atoms with Crippen molar-refractivity contribution in [2.24, 2.45) is 0 Å². The summed E-state index contributed by atoms with van der Waals surface area (Å²) in [6.45, 7) is 0.419. The Morgan fingerprint density at radius 1 is 0.960 bits per heavy atom. The average Bonchev–Trinajstić information content (AvgIpc) is 2.66. The molecule has 3 aromatic carbocycles. The summed E-state index contributed by atoms with van der Waals surface area (Å²) in [5.41, 5.74) is 1.88. The quantitative estimate of drug-likeness (QED) is 0.668. The van der Waals surface area contributed by atoms with Crippen molar-refractivity contribution in [3.8, 4) is 0 Å². The third kappa shape index (κ3) is 4.55. The molecule has 1 amide bonds. The second-order valence-corrected chi connectivity index (χ2v) is 5.91. The summed E-state index contributed by atoms with van der Waals surface area (Å²) in [7, 11) is 0. The molecule has 0 radical (unpaired) electrons. The number of benzene rings is 3. The van der Waals surface area contributed by atoms with Gasteiger partial charge in [-0.2, -0.15) is 0 Å². The van der Waals surface area contributed by atoms with Crippen LogP contribution in [0.25, 0.3) is 16.8 Å². The van der Waals surface area contributed by atoms with Crippen LogP contribution in [-0.2, 0) is 4.79 Å². The summed E-state index contributed by atoms with van der Waals surface area (Å²) in [5.74, 6) is -0.158. The van der Waals surface area contributed by atoms with E-state index in [1.807, 2.05) is 72.8 Å². The number of carbonyl (C=O) groups is 1. The van der Waals surface area contributed by atoms with Gasteiger partial charge in [0.05, 0.1) is 6.10 Å². The SMILES string of the molecule is O=C(/C=C/c1ccccc1)NCC[C@@H](O)c1cccc2ccccc12. The van der Waals surface area contributed by atoms with Gasteiger partial charge in [0.25, 0.3) is 0 Å². The van der Waals surface area contributed by atoms with Crippen LogP contribution in [0, 0.1) is 0 Å². The molecule has 0 aromatic heterocycles. The van der Waals surface area contributed by atoms with Gasteiger partial charge in [-0.05, 0) is 34.4 Å². The van der Waals surface area contributed by atoms with Crippen LogP contribution in [0.1, 0.15) is 23.7 Å². The van der Waals surface area contributed by atoms with E-state index in [9.17, 15) is 9.90 Å². The lowest BCUT2D eigenvalue weighted by Gasteiger charge is -2.14. The summed E-state index contributed by atoms with van der Waals surface area (Å²) < 4.78 is 0. The van der Waals surface area contributed by atoms with E-state index in [1.54, 1.807) is 6.08 Å². The predicted molar refractivity (Wildman–Crippen MR) is 102 cm³/mol. The van der Waals surface area contributed by atoms with Gasteiger partial charge in [0.2, 0.25) is 5.91 Å². The molecule has 126 valence electrons. The first-order chi connectivity index (χ1) is 12.2. The number of nitrogens with one attached hydrogen (secondary N) is 1. The van der Waals surface area contributed by atoms with Crippen LogP contribution in [0.15, 0.2) is 78.9 Å². The number of aliphatic hydroxyl groups is 1. The zero-order valence-corrected chi connectivity index (χ0v) is 13.9. The summed E-state index contributed by atoms with van der Waals surface area (Å²) in [6.07, 6.45) is 3.15. The summed E-state index contributed by atoms with van der Waals surface area (Å²) in [6, 6.07) is 23.6. The van der Waals surface area contributed by atoms with Gasteiger partial charge in [0.15, 0.2) is 0 Å². The van der Waals surface area contributed by atoms with Crippen LogP contribution >= 0.6 is 0 Å². The monoisotopic (exact) mass is 331 g/mol. The zero-order chi connectivity index (χ0) is 17.5. The molecule has 0 aliphatic heterocycles. The van der Waals surface area contributed by atoms with Gasteiger partial charge >= 0.3 is 0 Å². The third-order valence-corrected chi connectivity index (χ3v) is 4.13. The highest BCUT2D eigenvalue weighted by Crippen LogP contribution is 2.25. The standard InChI is InChI=1S/C22H21NO2/c24-21(20-12-6-10-18-9-4-5-11-19(18)20)15-16-23-22(25)14-13-17-7-2-1-3-8-17/h1-14,21,24H,15-16H2,(H,23,25)/b14-13+/t21-/m1/s1. The van der Waals surface area contributed by atoms with Crippen molar-refractivity contribution in [3.63, 3.8) is 0 Å². The summed E-state index contributed by atoms with van der Waals surface area (Å²) in [4.78, 5) is 11.9. The fraction of sp³-hybridized carbons (Fsp3) is 0.136. The first-order valence-corrected chi connectivity index (χ1v) is 8.41. The molecular weight excluding hydrogens is 310 g/mol. The molecule has 0 fully saturated rings. The predicted octanol–water partition coefficient (Wildman–Crippen LogP) is 4.09. The Morgan fingerprint density at radius 2 is 1.68 bits per heavy atom. The van der Waals surface area contributed by atoms with Gasteiger partial charge in [-0.1, -0.05) is 72.8 Å². The zero-order valence-electron chi connectivity index (χ0n) is 13.9. The van der Waals surface area contributed by atoms with Gasteiger partial charge in [0.1, 0.15) is 0 Å². The van der Waals surface area contributed by atoms with Crippen molar-refractivity contribution in [1.29, 1.82) is 0 Å². The van der Waals surface area contributed by atoms with Gasteiger partial charge < -0.3 is 10.4 Å². The van der Waals surface area contributed by atoms with Crippen LogP contribution in [0.4, 0.5) is 0 Å². The number of aliphatic hydroxyl groups excluding tert-OH is 1. The van der Waals surface area contributed by atoms with Crippen LogP contribution in [0.5, 0.6) is 0 Å². The van der Waals surface area contributed by atoms with E-state index < -0.39 is 6.10 Å². The topological polar surface area (TPSA) is 49.3 Å². The summed E-state index contributed by atoms with van der Waals surface area (Å²) in [5, 5.41) is 15.4. The van der Waals surface area contributed by atoms with Crippen molar-refractivity contribution < 1.29 is 9.90 Å². The molecular formula is C22H21NO2. The van der Waals surface area contributed by atoms with E-state index in [1.165, 1.54) is 6.08 Å². The smallest absolute Gasteiger partial charge is 0.244 e. The van der Waals surface area contributed by atoms with Gasteiger partial charge in [-0.25, -0.2) is 0 Å². The minimum Gasteiger partial charge on any atom is -0.388 e. The molecule has 2 N–H and O–H groups in total. The molecule has 25 heavy (non-hydrogen) atoms. The molecule has 0 saturated carbocycles. The van der Waals surface area contributed by atoms with Gasteiger partial charge in [-0.15, -0.1) is 0 Å². The Hall–Kier alpha value is -2.91. The number of carbonyl (C=O) groups excluding carboxylic acids is 1. The lowest BCUT2D eigenvalue weighted by molar-refractivity contribution is -0.116. The number of rotatable bonds is 6. The maximum absolute atomic E-state index is 11.9. The Kier molecular flexibility index (Phi) is 5.60. The number of fused-ring (bicyclic) bond motifs is 1. The molecule has 0 aliphatic carbocycles. The first kappa shape index (κ1) is 16.9. The maximum Gasteiger partial charge on any atom is 0.244 e. The molecule has 0 aliphatic rings. The molecule has 0 unspecified atom stereocenters. The molecule has 3 nitrogen and oxygen atoms in total. The summed E-state index contributed by atoms with van der Waals surface area (Å²) >= 11 is 0. The minimum atomic E-state index is -0.607. The Bertz CT molecular complexity index is 866. The number of hydrogen-bond donors (Lipinski definition) is 2. The highest BCUT2D eigenvalue weighted by Gasteiger charge is 2.11. The first-order valence-electron chi connectivity index (χ1n) is 8.41. The number of amides is 1. The van der Waals surface area contributed by atoms with Crippen LogP contribution < -0.4 is 5.32 Å². The lowest BCUT2D eigenvalue weighted by Crippen LogP contribution is -2.23. The molecule has 0 heterocycles. The van der Waals surface area contributed by atoms with Crippen molar-refractivity contribution >= 4 is 22.8 Å². The highest BCUT2D eigenvalue weighted by atomic mass is 16.3. The van der Waals surface area contributed by atoms with Crippen LogP contribution in [-0.4, -0.2) is 17.6 Å². The molecule has 0 spiro atoms. The van der Waals surface area contributed by atoms with Crippen molar-refractivity contribution in [3.05, 3.63) is 90.0 Å². The molecule has 3 heteroatoms. The van der Waals surface area contributed by atoms with Crippen LogP contribution in [0.3, 0.4) is 0 Å². The molecule has 3 aromatic rings. The Labute approximate surface area is 147 Å². The molecule has 3 rings (SSSR count). The lowest BCUT2D eigenvalue weighted by atomic mass is 9.99. The van der Waals surface area contributed by atoms with Crippen molar-refractivity contribution in [2.75, 3.05) is 6.54 Å². The highest BCUT2D eigenvalue weighted by molar-refractivity contribution is 5.91. The average molecular weight is 331 g/mol. The van der Waals surface area contributed by atoms with Crippen LogP contribution in [0.2, 0.25) is 0 Å².